The van der Waals surface area contributed by atoms with E-state index in [1.54, 1.807) is 7.11 Å². The number of nitrogens with zero attached hydrogens (tertiary/aromatic N) is 3. The summed E-state index contributed by atoms with van der Waals surface area (Å²) in [7, 11) is 1.61. The van der Waals surface area contributed by atoms with Crippen molar-refractivity contribution < 1.29 is 9.47 Å². The lowest BCUT2D eigenvalue weighted by Crippen LogP contribution is -2.08. The van der Waals surface area contributed by atoms with E-state index in [9.17, 15) is 0 Å². The molecule has 0 radical (unpaired) electrons. The number of methoxy groups -OCH3 is 1. The Bertz CT molecular complexity index is 784. The van der Waals surface area contributed by atoms with Crippen LogP contribution >= 0.6 is 11.6 Å². The van der Waals surface area contributed by atoms with Gasteiger partial charge in [-0.2, -0.15) is 4.98 Å². The lowest BCUT2D eigenvalue weighted by atomic mass is 10.3. The van der Waals surface area contributed by atoms with Crippen LogP contribution in [0.3, 0.4) is 0 Å². The zero-order chi connectivity index (χ0) is 15.5. The van der Waals surface area contributed by atoms with Crippen LogP contribution < -0.4 is 9.47 Å². The molecular formula is C16H16ClN3O2. The Morgan fingerprint density at radius 3 is 2.64 bits per heavy atom. The van der Waals surface area contributed by atoms with Gasteiger partial charge in [0.2, 0.25) is 5.88 Å². The highest BCUT2D eigenvalue weighted by atomic mass is 35.5. The molecule has 6 heteroatoms. The zero-order valence-corrected chi connectivity index (χ0v) is 13.2. The fourth-order valence-electron chi connectivity index (χ4n) is 2.27. The van der Waals surface area contributed by atoms with Crippen LogP contribution in [0, 0.1) is 6.92 Å². The van der Waals surface area contributed by atoms with Crippen molar-refractivity contribution in [2.45, 2.75) is 13.5 Å². The summed E-state index contributed by atoms with van der Waals surface area (Å²) >= 11 is 5.85. The van der Waals surface area contributed by atoms with Gasteiger partial charge in [0.1, 0.15) is 23.8 Å². The van der Waals surface area contributed by atoms with Crippen molar-refractivity contribution in [3.8, 4) is 11.6 Å². The van der Waals surface area contributed by atoms with Gasteiger partial charge in [-0.1, -0.05) is 11.6 Å². The number of aromatic nitrogens is 3. The molecule has 0 saturated carbocycles. The van der Waals surface area contributed by atoms with E-state index >= 15 is 0 Å². The van der Waals surface area contributed by atoms with E-state index in [1.807, 2.05) is 48.0 Å². The number of fused-ring (bicyclic) bond motifs is 1. The van der Waals surface area contributed by atoms with Crippen LogP contribution in [0.5, 0.6) is 11.6 Å². The lowest BCUT2D eigenvalue weighted by Gasteiger charge is -2.09. The first-order valence-corrected chi connectivity index (χ1v) is 7.31. The van der Waals surface area contributed by atoms with Crippen LogP contribution in [0.4, 0.5) is 0 Å². The molecule has 1 aromatic carbocycles. The molecule has 0 aliphatic rings. The Hall–Kier alpha value is -2.27. The largest absolute Gasteiger partial charge is 0.492 e. The van der Waals surface area contributed by atoms with Gasteiger partial charge >= 0.3 is 0 Å². The second-order valence-corrected chi connectivity index (χ2v) is 5.27. The monoisotopic (exact) mass is 317 g/mol. The molecule has 2 heterocycles. The predicted molar refractivity (Wildman–Crippen MR) is 85.8 cm³/mol. The van der Waals surface area contributed by atoms with Crippen molar-refractivity contribution in [3.05, 3.63) is 47.4 Å². The number of benzene rings is 1. The van der Waals surface area contributed by atoms with Crippen LogP contribution in [-0.2, 0) is 6.54 Å². The van der Waals surface area contributed by atoms with Gasteiger partial charge in [0.05, 0.1) is 19.0 Å². The van der Waals surface area contributed by atoms with Crippen molar-refractivity contribution >= 4 is 22.6 Å². The standard InChI is InChI=1S/C16H16ClN3O2/c1-11-18-15-14(16(19-11)21-2)7-8-20(15)9-10-22-13-5-3-12(17)4-6-13/h3-8H,9-10H2,1-2H3. The van der Waals surface area contributed by atoms with E-state index in [-0.39, 0.29) is 0 Å². The van der Waals surface area contributed by atoms with Gasteiger partial charge in [0, 0.05) is 11.2 Å². The molecule has 0 saturated heterocycles. The van der Waals surface area contributed by atoms with Crippen molar-refractivity contribution in [2.24, 2.45) is 0 Å². The molecule has 22 heavy (non-hydrogen) atoms. The molecule has 3 rings (SSSR count). The van der Waals surface area contributed by atoms with E-state index in [1.165, 1.54) is 0 Å². The summed E-state index contributed by atoms with van der Waals surface area (Å²) in [6, 6.07) is 9.28. The van der Waals surface area contributed by atoms with E-state index in [0.29, 0.717) is 29.9 Å². The summed E-state index contributed by atoms with van der Waals surface area (Å²) in [4.78, 5) is 8.76. The molecule has 0 aliphatic carbocycles. The van der Waals surface area contributed by atoms with Crippen molar-refractivity contribution in [1.82, 2.24) is 14.5 Å². The third-order valence-corrected chi connectivity index (χ3v) is 3.56. The first-order valence-electron chi connectivity index (χ1n) is 6.93. The molecular weight excluding hydrogens is 302 g/mol. The van der Waals surface area contributed by atoms with Gasteiger partial charge in [0.15, 0.2) is 0 Å². The molecule has 0 atom stereocenters. The Morgan fingerprint density at radius 2 is 1.91 bits per heavy atom. The maximum absolute atomic E-state index is 5.85. The SMILES string of the molecule is COc1nc(C)nc2c1ccn2CCOc1ccc(Cl)cc1. The van der Waals surface area contributed by atoms with Gasteiger partial charge < -0.3 is 14.0 Å². The first-order chi connectivity index (χ1) is 10.7. The van der Waals surface area contributed by atoms with E-state index in [2.05, 4.69) is 9.97 Å². The molecule has 0 amide bonds. The van der Waals surface area contributed by atoms with Crippen LogP contribution in [0.2, 0.25) is 5.02 Å². The quantitative estimate of drug-likeness (QED) is 0.723. The van der Waals surface area contributed by atoms with E-state index in [0.717, 1.165) is 16.8 Å². The first kappa shape index (κ1) is 14.7. The summed E-state index contributed by atoms with van der Waals surface area (Å²) in [5.74, 6) is 2.08. The number of hydrogen-bond acceptors (Lipinski definition) is 4. The summed E-state index contributed by atoms with van der Waals surface area (Å²) in [6.07, 6.45) is 1.96. The van der Waals surface area contributed by atoms with Gasteiger partial charge in [-0.15, -0.1) is 0 Å². The Kier molecular flexibility index (Phi) is 4.15. The van der Waals surface area contributed by atoms with E-state index in [4.69, 9.17) is 21.1 Å². The zero-order valence-electron chi connectivity index (χ0n) is 12.4. The van der Waals surface area contributed by atoms with Gasteiger partial charge in [-0.3, -0.25) is 0 Å². The third kappa shape index (κ3) is 2.99. The van der Waals surface area contributed by atoms with Gasteiger partial charge in [0.25, 0.3) is 0 Å². The number of ether oxygens (including phenoxy) is 2. The summed E-state index contributed by atoms with van der Waals surface area (Å²) in [5.41, 5.74) is 0.851. The molecule has 0 unspecified atom stereocenters. The second-order valence-electron chi connectivity index (χ2n) is 4.83. The topological polar surface area (TPSA) is 49.2 Å². The minimum atomic E-state index is 0.538. The normalized spacial score (nSPS) is 10.9. The van der Waals surface area contributed by atoms with Crippen LogP contribution in [0.15, 0.2) is 36.5 Å². The smallest absolute Gasteiger partial charge is 0.226 e. The minimum absolute atomic E-state index is 0.538. The van der Waals surface area contributed by atoms with Gasteiger partial charge in [-0.25, -0.2) is 4.98 Å². The third-order valence-electron chi connectivity index (χ3n) is 3.30. The molecule has 5 nitrogen and oxygen atoms in total. The summed E-state index contributed by atoms with van der Waals surface area (Å²) < 4.78 is 13.0. The second kappa shape index (κ2) is 6.23. The molecule has 114 valence electrons. The average Bonchev–Trinajstić information content (AvgIpc) is 2.91. The number of halogens is 1. The Labute approximate surface area is 133 Å². The predicted octanol–water partition coefficient (Wildman–Crippen LogP) is 3.48. The number of aryl methyl sites for hydroxylation is 1. The number of rotatable bonds is 5. The highest BCUT2D eigenvalue weighted by molar-refractivity contribution is 6.30. The maximum Gasteiger partial charge on any atom is 0.226 e. The van der Waals surface area contributed by atoms with Crippen LogP contribution in [-0.4, -0.2) is 28.3 Å². The highest BCUT2D eigenvalue weighted by Crippen LogP contribution is 2.23. The van der Waals surface area contributed by atoms with Crippen molar-refractivity contribution in [3.63, 3.8) is 0 Å². The van der Waals surface area contributed by atoms with Crippen LogP contribution in [0.25, 0.3) is 11.0 Å². The van der Waals surface area contributed by atoms with E-state index < -0.39 is 0 Å². The Balaban J connectivity index is 1.74. The average molecular weight is 318 g/mol. The lowest BCUT2D eigenvalue weighted by molar-refractivity contribution is 0.300. The fourth-order valence-corrected chi connectivity index (χ4v) is 2.40. The van der Waals surface area contributed by atoms with Crippen molar-refractivity contribution in [1.29, 1.82) is 0 Å². The molecule has 2 aromatic heterocycles. The molecule has 0 bridgehead atoms. The molecule has 0 fully saturated rings. The minimum Gasteiger partial charge on any atom is -0.492 e. The van der Waals surface area contributed by atoms with Crippen LogP contribution in [0.1, 0.15) is 5.82 Å². The highest BCUT2D eigenvalue weighted by Gasteiger charge is 2.10. The summed E-state index contributed by atoms with van der Waals surface area (Å²) in [5, 5.41) is 1.60. The molecule has 0 aliphatic heterocycles. The molecule has 0 spiro atoms. The maximum atomic E-state index is 5.85. The molecule has 3 aromatic rings. The van der Waals surface area contributed by atoms with Gasteiger partial charge in [-0.05, 0) is 37.3 Å². The summed E-state index contributed by atoms with van der Waals surface area (Å²) in [6.45, 7) is 3.08. The fraction of sp³-hybridized carbons (Fsp3) is 0.250. The number of hydrogen-bond donors (Lipinski definition) is 0. The molecule has 0 N–H and O–H groups in total. The van der Waals surface area contributed by atoms with Crippen molar-refractivity contribution in [2.75, 3.05) is 13.7 Å². The Morgan fingerprint density at radius 1 is 1.14 bits per heavy atom.